The van der Waals surface area contributed by atoms with E-state index >= 15 is 0 Å². The number of nitrogens with zero attached hydrogens (tertiary/aromatic N) is 4. The van der Waals surface area contributed by atoms with Gasteiger partial charge in [0.25, 0.3) is 5.56 Å². The molecular weight excluding hydrogens is 282 g/mol. The fourth-order valence-corrected chi connectivity index (χ4v) is 2.63. The summed E-state index contributed by atoms with van der Waals surface area (Å²) in [5.41, 5.74) is 2.37. The highest BCUT2D eigenvalue weighted by atomic mass is 16.5. The maximum atomic E-state index is 11.6. The van der Waals surface area contributed by atoms with Crippen molar-refractivity contribution in [2.75, 3.05) is 24.6 Å². The van der Waals surface area contributed by atoms with Crippen molar-refractivity contribution < 1.29 is 4.74 Å². The molecule has 0 radical (unpaired) electrons. The van der Waals surface area contributed by atoms with Gasteiger partial charge < -0.3 is 14.6 Å². The van der Waals surface area contributed by atoms with Crippen LogP contribution in [0.15, 0.2) is 16.9 Å². The molecule has 116 valence electrons. The van der Waals surface area contributed by atoms with Gasteiger partial charge in [-0.05, 0) is 26.8 Å². The molecule has 7 nitrogen and oxygen atoms in total. The van der Waals surface area contributed by atoms with Crippen molar-refractivity contribution in [1.29, 1.82) is 0 Å². The highest BCUT2D eigenvalue weighted by Gasteiger charge is 2.25. The normalized spacial score (nSPS) is 18.5. The molecule has 1 saturated heterocycles. The lowest BCUT2D eigenvalue weighted by Crippen LogP contribution is -2.40. The topological polar surface area (TPSA) is 84.0 Å². The Morgan fingerprint density at radius 1 is 1.18 bits per heavy atom. The molecule has 7 heteroatoms. The van der Waals surface area contributed by atoms with E-state index in [1.54, 1.807) is 6.92 Å². The Bertz CT molecular complexity index is 723. The van der Waals surface area contributed by atoms with E-state index in [4.69, 9.17) is 4.74 Å². The molecule has 0 aliphatic carbocycles. The zero-order chi connectivity index (χ0) is 15.7. The van der Waals surface area contributed by atoms with E-state index in [0.717, 1.165) is 17.9 Å². The first-order chi connectivity index (χ1) is 10.5. The molecule has 0 unspecified atom stereocenters. The van der Waals surface area contributed by atoms with Crippen LogP contribution in [0, 0.1) is 20.8 Å². The molecule has 1 fully saturated rings. The number of hydrogen-bond acceptors (Lipinski definition) is 6. The highest BCUT2D eigenvalue weighted by molar-refractivity contribution is 5.33. The Kier molecular flexibility index (Phi) is 3.89. The summed E-state index contributed by atoms with van der Waals surface area (Å²) < 4.78 is 5.77. The van der Waals surface area contributed by atoms with Crippen LogP contribution in [0.5, 0.6) is 0 Å². The second kappa shape index (κ2) is 5.84. The van der Waals surface area contributed by atoms with E-state index in [1.165, 1.54) is 6.07 Å². The first kappa shape index (κ1) is 14.6. The minimum atomic E-state index is -0.251. The molecule has 1 aliphatic rings. The van der Waals surface area contributed by atoms with Gasteiger partial charge in [-0.1, -0.05) is 0 Å². The van der Waals surface area contributed by atoms with Crippen LogP contribution in [0.3, 0.4) is 0 Å². The Hall–Kier alpha value is -2.28. The number of hydrogen-bond donors (Lipinski definition) is 1. The van der Waals surface area contributed by atoms with Crippen molar-refractivity contribution in [3.05, 3.63) is 45.4 Å². The second-order valence-electron chi connectivity index (χ2n) is 5.51. The number of anilines is 1. The molecule has 22 heavy (non-hydrogen) atoms. The van der Waals surface area contributed by atoms with E-state index in [9.17, 15) is 4.79 Å². The van der Waals surface area contributed by atoms with Crippen molar-refractivity contribution >= 4 is 5.95 Å². The van der Waals surface area contributed by atoms with Gasteiger partial charge in [0.05, 0.1) is 18.8 Å². The van der Waals surface area contributed by atoms with Gasteiger partial charge >= 0.3 is 0 Å². The molecule has 1 N–H and O–H groups in total. The van der Waals surface area contributed by atoms with E-state index < -0.39 is 0 Å². The zero-order valence-electron chi connectivity index (χ0n) is 13.0. The van der Waals surface area contributed by atoms with E-state index in [-0.39, 0.29) is 11.7 Å². The number of rotatable bonds is 2. The van der Waals surface area contributed by atoms with Crippen molar-refractivity contribution in [2.45, 2.75) is 26.9 Å². The predicted molar refractivity (Wildman–Crippen MR) is 82.0 cm³/mol. The minimum Gasteiger partial charge on any atom is -0.368 e. The van der Waals surface area contributed by atoms with Gasteiger partial charge in [0, 0.05) is 24.0 Å². The molecule has 3 rings (SSSR count). The quantitative estimate of drug-likeness (QED) is 0.893. The third kappa shape index (κ3) is 3.14. The largest absolute Gasteiger partial charge is 0.368 e. The lowest BCUT2D eigenvalue weighted by Gasteiger charge is -2.32. The monoisotopic (exact) mass is 301 g/mol. The van der Waals surface area contributed by atoms with Crippen LogP contribution in [-0.4, -0.2) is 39.6 Å². The molecule has 0 aromatic carbocycles. The van der Waals surface area contributed by atoms with Gasteiger partial charge in [0.2, 0.25) is 5.95 Å². The Labute approximate surface area is 128 Å². The van der Waals surface area contributed by atoms with Gasteiger partial charge in [0.15, 0.2) is 0 Å². The van der Waals surface area contributed by atoms with E-state index in [0.29, 0.717) is 30.6 Å². The molecule has 1 atom stereocenters. The van der Waals surface area contributed by atoms with Crippen LogP contribution < -0.4 is 10.5 Å². The first-order valence-electron chi connectivity index (χ1n) is 7.28. The summed E-state index contributed by atoms with van der Waals surface area (Å²) in [4.78, 5) is 29.7. The van der Waals surface area contributed by atoms with Gasteiger partial charge in [-0.2, -0.15) is 0 Å². The summed E-state index contributed by atoms with van der Waals surface area (Å²) in [6.45, 7) is 7.53. The van der Waals surface area contributed by atoms with Crippen molar-refractivity contribution in [3.63, 3.8) is 0 Å². The molecule has 3 heterocycles. The summed E-state index contributed by atoms with van der Waals surface area (Å²) in [5, 5.41) is 0. The fraction of sp³-hybridized carbons (Fsp3) is 0.467. The maximum Gasteiger partial charge on any atom is 0.251 e. The zero-order valence-corrected chi connectivity index (χ0v) is 13.0. The standard InChI is InChI=1S/C15H19N5O2/c1-9-6-10(2)17-15(16-9)20-4-5-22-13(8-20)12-7-14(21)19-11(3)18-12/h6-7,13H,4-5,8H2,1-3H3,(H,18,19,21)/t13-/m1/s1. The lowest BCUT2D eigenvalue weighted by molar-refractivity contribution is 0.0362. The maximum absolute atomic E-state index is 11.6. The smallest absolute Gasteiger partial charge is 0.251 e. The highest BCUT2D eigenvalue weighted by Crippen LogP contribution is 2.22. The van der Waals surface area contributed by atoms with Gasteiger partial charge in [0.1, 0.15) is 11.9 Å². The van der Waals surface area contributed by atoms with Crippen molar-refractivity contribution in [1.82, 2.24) is 19.9 Å². The summed E-state index contributed by atoms with van der Waals surface area (Å²) in [7, 11) is 0. The van der Waals surface area contributed by atoms with E-state index in [1.807, 2.05) is 19.9 Å². The third-order valence-electron chi connectivity index (χ3n) is 3.53. The van der Waals surface area contributed by atoms with Crippen LogP contribution in [0.25, 0.3) is 0 Å². The first-order valence-corrected chi connectivity index (χ1v) is 7.28. The van der Waals surface area contributed by atoms with Crippen LogP contribution >= 0.6 is 0 Å². The summed E-state index contributed by atoms with van der Waals surface area (Å²) in [6.07, 6.45) is -0.251. The average Bonchev–Trinajstić information content (AvgIpc) is 2.45. The van der Waals surface area contributed by atoms with Crippen LogP contribution in [0.2, 0.25) is 0 Å². The number of aromatic amines is 1. The predicted octanol–water partition coefficient (Wildman–Crippen LogP) is 1.06. The number of ether oxygens (including phenoxy) is 1. The van der Waals surface area contributed by atoms with Gasteiger partial charge in [-0.15, -0.1) is 0 Å². The van der Waals surface area contributed by atoms with Gasteiger partial charge in [-0.3, -0.25) is 4.79 Å². The molecule has 2 aromatic heterocycles. The summed E-state index contributed by atoms with van der Waals surface area (Å²) >= 11 is 0. The Morgan fingerprint density at radius 2 is 1.91 bits per heavy atom. The molecule has 0 saturated carbocycles. The average molecular weight is 301 g/mol. The Morgan fingerprint density at radius 3 is 2.59 bits per heavy atom. The number of nitrogens with one attached hydrogen (secondary N) is 1. The number of morpholine rings is 1. The molecule has 0 amide bonds. The van der Waals surface area contributed by atoms with Crippen LogP contribution in [0.4, 0.5) is 5.95 Å². The van der Waals surface area contributed by atoms with Crippen molar-refractivity contribution in [2.24, 2.45) is 0 Å². The number of aryl methyl sites for hydroxylation is 3. The SMILES string of the molecule is Cc1cc(C)nc(N2CCO[C@@H](c3cc(=O)[nH]c(C)n3)C2)n1. The molecule has 0 bridgehead atoms. The fourth-order valence-electron chi connectivity index (χ4n) is 2.63. The summed E-state index contributed by atoms with van der Waals surface area (Å²) in [6, 6.07) is 3.44. The molecular formula is C15H19N5O2. The second-order valence-corrected chi connectivity index (χ2v) is 5.51. The number of H-pyrrole nitrogens is 1. The molecule has 2 aromatic rings. The lowest BCUT2D eigenvalue weighted by atomic mass is 10.2. The van der Waals surface area contributed by atoms with Gasteiger partial charge in [-0.25, -0.2) is 15.0 Å². The van der Waals surface area contributed by atoms with Crippen LogP contribution in [0.1, 0.15) is 29.0 Å². The number of aromatic nitrogens is 4. The third-order valence-corrected chi connectivity index (χ3v) is 3.53. The molecule has 1 aliphatic heterocycles. The Balaban J connectivity index is 1.86. The summed E-state index contributed by atoms with van der Waals surface area (Å²) in [5.74, 6) is 1.29. The van der Waals surface area contributed by atoms with Crippen molar-refractivity contribution in [3.8, 4) is 0 Å². The molecule has 0 spiro atoms. The van der Waals surface area contributed by atoms with E-state index in [2.05, 4.69) is 24.8 Å². The minimum absolute atomic E-state index is 0.161. The van der Waals surface area contributed by atoms with Crippen LogP contribution in [-0.2, 0) is 4.74 Å².